The third-order valence-electron chi connectivity index (χ3n) is 2.11. The fourth-order valence-electron chi connectivity index (χ4n) is 1.23. The number of hydrogen-bond acceptors (Lipinski definition) is 3. The van der Waals surface area contributed by atoms with Gasteiger partial charge in [-0.2, -0.15) is 4.79 Å². The molecular weight excluding hydrogens is 234 g/mol. The lowest BCUT2D eigenvalue weighted by atomic mass is 10.2. The van der Waals surface area contributed by atoms with Crippen LogP contribution in [0.4, 0.5) is 4.79 Å². The van der Waals surface area contributed by atoms with Crippen molar-refractivity contribution in [1.29, 1.82) is 0 Å². The van der Waals surface area contributed by atoms with Crippen molar-refractivity contribution in [3.05, 3.63) is 41.4 Å². The third-order valence-corrected chi connectivity index (χ3v) is 2.11. The maximum absolute atomic E-state index is 11.5. The van der Waals surface area contributed by atoms with E-state index in [9.17, 15) is 9.59 Å². The van der Waals surface area contributed by atoms with Crippen LogP contribution in [0.25, 0.3) is 5.53 Å². The van der Waals surface area contributed by atoms with Crippen molar-refractivity contribution < 1.29 is 19.1 Å². The van der Waals surface area contributed by atoms with Gasteiger partial charge in [-0.15, -0.1) is 0 Å². The number of hydrogen-bond donors (Lipinski definition) is 0. The van der Waals surface area contributed by atoms with Crippen LogP contribution in [0.1, 0.15) is 5.56 Å². The maximum atomic E-state index is 11.5. The molecule has 0 atom stereocenters. The molecule has 0 bridgehead atoms. The Balaban J connectivity index is 2.41. The van der Waals surface area contributed by atoms with Gasteiger partial charge in [0.2, 0.25) is 0 Å². The highest BCUT2D eigenvalue weighted by molar-refractivity contribution is 6.26. The van der Waals surface area contributed by atoms with Crippen LogP contribution in [-0.4, -0.2) is 41.4 Å². The second-order valence-corrected chi connectivity index (χ2v) is 3.61. The highest BCUT2D eigenvalue weighted by Crippen LogP contribution is 2.02. The summed E-state index contributed by atoms with van der Waals surface area (Å²) in [7, 11) is 1.43. The van der Waals surface area contributed by atoms with Crippen molar-refractivity contribution in [3.8, 4) is 0 Å². The number of amides is 1. The maximum Gasteiger partial charge on any atom is 0.410 e. The molecule has 1 rings (SSSR count). The molecular formula is C12H13N3O3. The van der Waals surface area contributed by atoms with E-state index in [1.54, 1.807) is 0 Å². The largest absolute Gasteiger partial charge is 0.445 e. The highest BCUT2D eigenvalue weighted by atomic mass is 16.6. The predicted molar refractivity (Wildman–Crippen MR) is 63.9 cm³/mol. The van der Waals surface area contributed by atoms with Crippen LogP contribution in [0.5, 0.6) is 0 Å². The summed E-state index contributed by atoms with van der Waals surface area (Å²) in [4.78, 5) is 26.3. The first kappa shape index (κ1) is 13.6. The molecule has 1 aromatic carbocycles. The first-order chi connectivity index (χ1) is 8.63. The number of benzene rings is 1. The van der Waals surface area contributed by atoms with Crippen LogP contribution < -0.4 is 0 Å². The number of likely N-dealkylation sites (N-methyl/N-ethyl adjacent to an activating group) is 1. The van der Waals surface area contributed by atoms with Crippen molar-refractivity contribution in [1.82, 2.24) is 4.90 Å². The summed E-state index contributed by atoms with van der Waals surface area (Å²) >= 11 is 0. The summed E-state index contributed by atoms with van der Waals surface area (Å²) in [5.74, 6) is -0.489. The third kappa shape index (κ3) is 4.59. The van der Waals surface area contributed by atoms with Crippen LogP contribution in [0.3, 0.4) is 0 Å². The summed E-state index contributed by atoms with van der Waals surface area (Å²) in [6, 6.07) is 9.21. The Morgan fingerprint density at radius 3 is 2.67 bits per heavy atom. The molecule has 0 aliphatic rings. The molecule has 0 aliphatic carbocycles. The summed E-state index contributed by atoms with van der Waals surface area (Å²) in [5.41, 5.74) is 9.02. The van der Waals surface area contributed by atoms with Crippen molar-refractivity contribution in [3.63, 3.8) is 0 Å². The zero-order chi connectivity index (χ0) is 13.4. The molecule has 0 N–H and O–H groups in total. The van der Waals surface area contributed by atoms with Gasteiger partial charge in [-0.05, 0) is 5.56 Å². The van der Waals surface area contributed by atoms with Gasteiger partial charge in [0, 0.05) is 7.05 Å². The van der Waals surface area contributed by atoms with Gasteiger partial charge in [-0.3, -0.25) is 4.79 Å². The lowest BCUT2D eigenvalue weighted by Crippen LogP contribution is -2.33. The van der Waals surface area contributed by atoms with Gasteiger partial charge in [0.1, 0.15) is 6.61 Å². The molecule has 6 nitrogen and oxygen atoms in total. The Bertz CT molecular complexity index is 467. The Morgan fingerprint density at radius 2 is 2.06 bits per heavy atom. The lowest BCUT2D eigenvalue weighted by Gasteiger charge is -2.14. The predicted octanol–water partition coefficient (Wildman–Crippen LogP) is 1.12. The fourth-order valence-corrected chi connectivity index (χ4v) is 1.23. The molecule has 1 aromatic rings. The van der Waals surface area contributed by atoms with Crippen LogP contribution in [-0.2, 0) is 16.1 Å². The molecule has 6 heteroatoms. The number of rotatable bonds is 5. The van der Waals surface area contributed by atoms with E-state index in [4.69, 9.17) is 10.3 Å². The molecule has 0 radical (unpaired) electrons. The smallest absolute Gasteiger partial charge is 0.410 e. The van der Waals surface area contributed by atoms with Gasteiger partial charge in [-0.1, -0.05) is 30.3 Å². The van der Waals surface area contributed by atoms with Crippen LogP contribution in [0.15, 0.2) is 30.3 Å². The first-order valence-corrected chi connectivity index (χ1v) is 5.25. The molecule has 0 saturated carbocycles. The van der Waals surface area contributed by atoms with Gasteiger partial charge in [-0.25, -0.2) is 4.79 Å². The average molecular weight is 247 g/mol. The average Bonchev–Trinajstić information content (AvgIpc) is 2.37. The van der Waals surface area contributed by atoms with E-state index >= 15 is 0 Å². The molecule has 0 fully saturated rings. The monoisotopic (exact) mass is 247 g/mol. The van der Waals surface area contributed by atoms with Gasteiger partial charge < -0.3 is 15.2 Å². The molecule has 0 saturated heterocycles. The quantitative estimate of drug-likeness (QED) is 0.444. The number of nitrogens with zero attached hydrogens (tertiary/aromatic N) is 3. The first-order valence-electron chi connectivity index (χ1n) is 5.25. The standard InChI is InChI=1S/C12H13N3O3/c1-15(8-11(16)7-14-13)12(17)18-9-10-5-3-2-4-6-10/h2-7H,8-9H2,1H3. The number of ketones is 1. The van der Waals surface area contributed by atoms with Gasteiger partial charge in [0.15, 0.2) is 0 Å². The van der Waals surface area contributed by atoms with Crippen molar-refractivity contribution >= 4 is 18.1 Å². The number of Topliss-reactive ketones (excluding diaryl/α,β-unsaturated/α-hetero) is 1. The van der Waals surface area contributed by atoms with E-state index in [1.165, 1.54) is 7.05 Å². The van der Waals surface area contributed by atoms with E-state index in [2.05, 4.69) is 4.79 Å². The van der Waals surface area contributed by atoms with Crippen LogP contribution in [0.2, 0.25) is 0 Å². The van der Waals surface area contributed by atoms with Gasteiger partial charge in [0.05, 0.1) is 6.54 Å². The second kappa shape index (κ2) is 6.98. The topological polar surface area (TPSA) is 83.0 Å². The Labute approximate surface area is 104 Å². The number of carbonyl (C=O) groups is 2. The second-order valence-electron chi connectivity index (χ2n) is 3.61. The van der Waals surface area contributed by atoms with Crippen molar-refractivity contribution in [2.75, 3.05) is 13.6 Å². The van der Waals surface area contributed by atoms with Crippen LogP contribution in [0, 0.1) is 0 Å². The minimum absolute atomic E-state index is 0.145. The fraction of sp³-hybridized carbons (Fsp3) is 0.250. The van der Waals surface area contributed by atoms with Crippen molar-refractivity contribution in [2.45, 2.75) is 6.61 Å². The normalized spacial score (nSPS) is 9.17. The molecule has 1 amide bonds. The van der Waals surface area contributed by atoms with E-state index < -0.39 is 11.9 Å². The number of ether oxygens (including phenoxy) is 1. The molecule has 0 unspecified atom stereocenters. The summed E-state index contributed by atoms with van der Waals surface area (Å²) in [5, 5.41) is 0. The SMILES string of the molecule is CN(CC(=O)C=[N+]=[N-])C(=O)OCc1ccccc1. The summed E-state index contributed by atoms with van der Waals surface area (Å²) < 4.78 is 5.00. The Kier molecular flexibility index (Phi) is 5.28. The molecule has 0 spiro atoms. The Morgan fingerprint density at radius 1 is 1.39 bits per heavy atom. The van der Waals surface area contributed by atoms with Crippen LogP contribution >= 0.6 is 0 Å². The van der Waals surface area contributed by atoms with Gasteiger partial charge >= 0.3 is 12.3 Å². The minimum atomic E-state index is -0.612. The molecule has 0 aromatic heterocycles. The zero-order valence-corrected chi connectivity index (χ0v) is 9.94. The van der Waals surface area contributed by atoms with E-state index in [0.29, 0.717) is 0 Å². The lowest BCUT2D eigenvalue weighted by molar-refractivity contribution is -0.116. The molecule has 0 heterocycles. The zero-order valence-electron chi connectivity index (χ0n) is 9.94. The minimum Gasteiger partial charge on any atom is -0.445 e. The van der Waals surface area contributed by atoms with Crippen molar-refractivity contribution in [2.24, 2.45) is 0 Å². The Hall–Kier alpha value is -2.46. The highest BCUT2D eigenvalue weighted by Gasteiger charge is 2.14. The van der Waals surface area contributed by atoms with Gasteiger partial charge in [0.25, 0.3) is 5.78 Å². The molecule has 0 aliphatic heterocycles. The van der Waals surface area contributed by atoms with E-state index in [-0.39, 0.29) is 13.2 Å². The molecule has 18 heavy (non-hydrogen) atoms. The summed E-state index contributed by atoms with van der Waals surface area (Å²) in [6.07, 6.45) is 0.125. The van der Waals surface area contributed by atoms with E-state index in [0.717, 1.165) is 16.7 Å². The number of carbonyl (C=O) groups excluding carboxylic acids is 2. The van der Waals surface area contributed by atoms with E-state index in [1.807, 2.05) is 30.3 Å². The molecule has 94 valence electrons. The summed E-state index contributed by atoms with van der Waals surface area (Å²) in [6.45, 7) is -0.0516.